The highest BCUT2D eigenvalue weighted by molar-refractivity contribution is 14.0. The molecule has 1 aromatic rings. The van der Waals surface area contributed by atoms with Crippen molar-refractivity contribution in [3.63, 3.8) is 0 Å². The molecule has 2 N–H and O–H groups in total. The maximum Gasteiger partial charge on any atom is 0.219 e. The van der Waals surface area contributed by atoms with E-state index in [-0.39, 0.29) is 29.9 Å². The lowest BCUT2D eigenvalue weighted by Crippen LogP contribution is -2.50. The van der Waals surface area contributed by atoms with Crippen LogP contribution in [0.2, 0.25) is 0 Å². The van der Waals surface area contributed by atoms with Crippen LogP contribution in [0, 0.1) is 0 Å². The van der Waals surface area contributed by atoms with Crippen molar-refractivity contribution >= 4 is 35.8 Å². The summed E-state index contributed by atoms with van der Waals surface area (Å²) in [6, 6.07) is 10.3. The van der Waals surface area contributed by atoms with Gasteiger partial charge in [-0.2, -0.15) is 0 Å². The molecule has 0 unspecified atom stereocenters. The number of hydrogen-bond donors (Lipinski definition) is 2. The number of piperazine rings is 1. The van der Waals surface area contributed by atoms with Crippen molar-refractivity contribution in [2.45, 2.75) is 13.5 Å². The van der Waals surface area contributed by atoms with Gasteiger partial charge in [0.15, 0.2) is 5.96 Å². The van der Waals surface area contributed by atoms with Crippen molar-refractivity contribution < 1.29 is 4.79 Å². The summed E-state index contributed by atoms with van der Waals surface area (Å²) in [5.41, 5.74) is 1.23. The van der Waals surface area contributed by atoms with Gasteiger partial charge in [-0.25, -0.2) is 0 Å². The fourth-order valence-electron chi connectivity index (χ4n) is 2.62. The first-order valence-electron chi connectivity index (χ1n) is 8.15. The summed E-state index contributed by atoms with van der Waals surface area (Å²) >= 11 is 0. The minimum absolute atomic E-state index is 0. The normalized spacial score (nSPS) is 15.6. The zero-order valence-electron chi connectivity index (χ0n) is 14.5. The molecule has 1 saturated heterocycles. The van der Waals surface area contributed by atoms with Crippen LogP contribution in [0.3, 0.4) is 0 Å². The second kappa shape index (κ2) is 11.2. The molecule has 1 aliphatic rings. The van der Waals surface area contributed by atoms with E-state index in [9.17, 15) is 4.79 Å². The second-order valence-electron chi connectivity index (χ2n) is 5.69. The number of halogens is 1. The van der Waals surface area contributed by atoms with Gasteiger partial charge in [0.1, 0.15) is 0 Å². The number of nitrogens with one attached hydrogen (secondary N) is 2. The highest BCUT2D eigenvalue weighted by Crippen LogP contribution is 2.01. The maximum atomic E-state index is 11.3. The van der Waals surface area contributed by atoms with E-state index in [0.29, 0.717) is 0 Å². The number of hydrogen-bond acceptors (Lipinski definition) is 3. The standard InChI is InChI=1S/C17H27N5O.HI/c1-15(23)22-12-10-21(11-13-22)9-8-19-17(18-2)20-14-16-6-4-3-5-7-16;/h3-7H,8-14H2,1-2H3,(H2,18,19,20);1H. The molecule has 1 aromatic carbocycles. The predicted molar refractivity (Wildman–Crippen MR) is 109 cm³/mol. The number of guanidine groups is 1. The molecule has 134 valence electrons. The monoisotopic (exact) mass is 445 g/mol. The molecule has 0 saturated carbocycles. The zero-order chi connectivity index (χ0) is 16.5. The maximum absolute atomic E-state index is 11.3. The summed E-state index contributed by atoms with van der Waals surface area (Å²) in [5, 5.41) is 6.65. The minimum Gasteiger partial charge on any atom is -0.355 e. The summed E-state index contributed by atoms with van der Waals surface area (Å²) in [6.07, 6.45) is 0. The van der Waals surface area contributed by atoms with Gasteiger partial charge in [-0.3, -0.25) is 14.7 Å². The molecule has 0 aliphatic carbocycles. The minimum atomic E-state index is 0. The number of amides is 1. The van der Waals surface area contributed by atoms with E-state index < -0.39 is 0 Å². The molecule has 1 fully saturated rings. The molecule has 6 nitrogen and oxygen atoms in total. The average Bonchev–Trinajstić information content (AvgIpc) is 2.59. The van der Waals surface area contributed by atoms with Gasteiger partial charge in [-0.05, 0) is 5.56 Å². The smallest absolute Gasteiger partial charge is 0.219 e. The lowest BCUT2D eigenvalue weighted by molar-refractivity contribution is -0.130. The first-order chi connectivity index (χ1) is 11.2. The molecule has 0 bridgehead atoms. The molecule has 0 spiro atoms. The Morgan fingerprint density at radius 2 is 1.79 bits per heavy atom. The quantitative estimate of drug-likeness (QED) is 0.406. The summed E-state index contributed by atoms with van der Waals surface area (Å²) in [7, 11) is 1.78. The van der Waals surface area contributed by atoms with Crippen LogP contribution in [0.5, 0.6) is 0 Å². The van der Waals surface area contributed by atoms with E-state index in [1.54, 1.807) is 14.0 Å². The Morgan fingerprint density at radius 3 is 2.38 bits per heavy atom. The molecule has 1 heterocycles. The molecule has 1 amide bonds. The molecular formula is C17H28IN5O. The van der Waals surface area contributed by atoms with Crippen LogP contribution in [-0.4, -0.2) is 68.0 Å². The average molecular weight is 445 g/mol. The summed E-state index contributed by atoms with van der Waals surface area (Å²) in [5.74, 6) is 0.990. The Kier molecular flexibility index (Phi) is 9.70. The van der Waals surface area contributed by atoms with Crippen LogP contribution >= 0.6 is 24.0 Å². The second-order valence-corrected chi connectivity index (χ2v) is 5.69. The number of carbonyl (C=O) groups excluding carboxylic acids is 1. The molecule has 0 aromatic heterocycles. The van der Waals surface area contributed by atoms with Crippen LogP contribution in [0.25, 0.3) is 0 Å². The Hall–Kier alpha value is -1.35. The van der Waals surface area contributed by atoms with Crippen molar-refractivity contribution in [2.24, 2.45) is 4.99 Å². The lowest BCUT2D eigenvalue weighted by Gasteiger charge is -2.34. The third-order valence-electron chi connectivity index (χ3n) is 4.06. The first-order valence-corrected chi connectivity index (χ1v) is 8.15. The number of carbonyl (C=O) groups is 1. The SMILES string of the molecule is CN=C(NCCN1CCN(C(C)=O)CC1)NCc1ccccc1.I. The largest absolute Gasteiger partial charge is 0.355 e. The van der Waals surface area contributed by atoms with Crippen LogP contribution in [-0.2, 0) is 11.3 Å². The third-order valence-corrected chi connectivity index (χ3v) is 4.06. The molecule has 7 heteroatoms. The van der Waals surface area contributed by atoms with Gasteiger partial charge in [0, 0.05) is 59.8 Å². The summed E-state index contributed by atoms with van der Waals surface area (Å²) < 4.78 is 0. The van der Waals surface area contributed by atoms with E-state index in [4.69, 9.17) is 0 Å². The Balaban J connectivity index is 0.00000288. The van der Waals surface area contributed by atoms with Gasteiger partial charge in [0.05, 0.1) is 0 Å². The van der Waals surface area contributed by atoms with Gasteiger partial charge in [0.25, 0.3) is 0 Å². The van der Waals surface area contributed by atoms with Gasteiger partial charge < -0.3 is 15.5 Å². The van der Waals surface area contributed by atoms with Gasteiger partial charge >= 0.3 is 0 Å². The van der Waals surface area contributed by atoms with E-state index in [1.165, 1.54) is 5.56 Å². The summed E-state index contributed by atoms with van der Waals surface area (Å²) in [4.78, 5) is 19.8. The highest BCUT2D eigenvalue weighted by atomic mass is 127. The van der Waals surface area contributed by atoms with Crippen LogP contribution in [0.15, 0.2) is 35.3 Å². The van der Waals surface area contributed by atoms with Crippen molar-refractivity contribution in [3.8, 4) is 0 Å². The Bertz CT molecular complexity index is 515. The molecule has 0 radical (unpaired) electrons. The van der Waals surface area contributed by atoms with Crippen molar-refractivity contribution in [3.05, 3.63) is 35.9 Å². The fraction of sp³-hybridized carbons (Fsp3) is 0.529. The van der Waals surface area contributed by atoms with E-state index >= 15 is 0 Å². The molecule has 2 rings (SSSR count). The fourth-order valence-corrected chi connectivity index (χ4v) is 2.62. The highest BCUT2D eigenvalue weighted by Gasteiger charge is 2.17. The van der Waals surface area contributed by atoms with Crippen molar-refractivity contribution in [1.82, 2.24) is 20.4 Å². The van der Waals surface area contributed by atoms with Crippen molar-refractivity contribution in [1.29, 1.82) is 0 Å². The van der Waals surface area contributed by atoms with Gasteiger partial charge in [-0.15, -0.1) is 24.0 Å². The molecule has 24 heavy (non-hydrogen) atoms. The number of aliphatic imine (C=N–C) groups is 1. The Labute approximate surface area is 161 Å². The van der Waals surface area contributed by atoms with Crippen LogP contribution in [0.1, 0.15) is 12.5 Å². The van der Waals surface area contributed by atoms with Crippen LogP contribution < -0.4 is 10.6 Å². The van der Waals surface area contributed by atoms with Gasteiger partial charge in [-0.1, -0.05) is 30.3 Å². The molecule has 1 aliphatic heterocycles. The topological polar surface area (TPSA) is 60.0 Å². The summed E-state index contributed by atoms with van der Waals surface area (Å²) in [6.45, 7) is 7.74. The van der Waals surface area contributed by atoms with E-state index in [1.807, 2.05) is 23.1 Å². The number of rotatable bonds is 5. The number of nitrogens with zero attached hydrogens (tertiary/aromatic N) is 3. The number of benzene rings is 1. The third kappa shape index (κ3) is 7.04. The molecular weight excluding hydrogens is 417 g/mol. The van der Waals surface area contributed by atoms with Crippen LogP contribution in [0.4, 0.5) is 0 Å². The first kappa shape index (κ1) is 20.7. The van der Waals surface area contributed by atoms with Crippen molar-refractivity contribution in [2.75, 3.05) is 46.3 Å². The zero-order valence-corrected chi connectivity index (χ0v) is 16.8. The molecule has 0 atom stereocenters. The lowest BCUT2D eigenvalue weighted by atomic mass is 10.2. The van der Waals surface area contributed by atoms with Gasteiger partial charge in [0.2, 0.25) is 5.91 Å². The predicted octanol–water partition coefficient (Wildman–Crippen LogP) is 1.13. The van der Waals surface area contributed by atoms with E-state index in [0.717, 1.165) is 51.8 Å². The van der Waals surface area contributed by atoms with E-state index in [2.05, 4.69) is 32.7 Å². The Morgan fingerprint density at radius 1 is 1.12 bits per heavy atom.